The topological polar surface area (TPSA) is 87.3 Å². The number of rotatable bonds is 5. The minimum atomic E-state index is -0.564. The number of hydrogen-bond donors (Lipinski definition) is 0. The lowest BCUT2D eigenvalue weighted by atomic mass is 10.1. The number of carbonyl (C=O) groups is 1. The number of nitrogens with zero attached hydrogens (tertiary/aromatic N) is 3. The van der Waals surface area contributed by atoms with Gasteiger partial charge >= 0.3 is 5.97 Å². The predicted molar refractivity (Wildman–Crippen MR) is 107 cm³/mol. The second-order valence-corrected chi connectivity index (χ2v) is 6.73. The number of aryl methyl sites for hydroxylation is 2. The molecule has 0 fully saturated rings. The van der Waals surface area contributed by atoms with Crippen molar-refractivity contribution in [2.24, 2.45) is 0 Å². The summed E-state index contributed by atoms with van der Waals surface area (Å²) in [5.41, 5.74) is 2.61. The van der Waals surface area contributed by atoms with Crippen molar-refractivity contribution < 1.29 is 23.2 Å². The van der Waals surface area contributed by atoms with Gasteiger partial charge in [-0.15, -0.1) is 0 Å². The van der Waals surface area contributed by atoms with Crippen LogP contribution in [0.1, 0.15) is 27.5 Å². The van der Waals surface area contributed by atoms with Crippen LogP contribution in [0.2, 0.25) is 0 Å². The van der Waals surface area contributed by atoms with Crippen LogP contribution in [0, 0.1) is 19.7 Å². The Hall–Kier alpha value is -3.81. The molecule has 2 aromatic carbocycles. The number of carbonyl (C=O) groups excluding carboxylic acids is 1. The molecular formula is C22H18FN3O4. The molecule has 0 saturated carbocycles. The van der Waals surface area contributed by atoms with Gasteiger partial charge in [0.25, 0.3) is 5.89 Å². The van der Waals surface area contributed by atoms with E-state index in [1.165, 1.54) is 6.07 Å². The molecule has 4 aromatic rings. The van der Waals surface area contributed by atoms with Crippen LogP contribution in [0.4, 0.5) is 4.39 Å². The van der Waals surface area contributed by atoms with E-state index in [0.29, 0.717) is 28.1 Å². The van der Waals surface area contributed by atoms with Crippen molar-refractivity contribution in [3.8, 4) is 17.1 Å². The van der Waals surface area contributed by atoms with E-state index in [4.69, 9.17) is 14.0 Å². The van der Waals surface area contributed by atoms with Gasteiger partial charge in [-0.2, -0.15) is 4.98 Å². The zero-order valence-electron chi connectivity index (χ0n) is 16.6. The predicted octanol–water partition coefficient (Wildman–Crippen LogP) is 4.41. The van der Waals surface area contributed by atoms with E-state index in [-0.39, 0.29) is 24.1 Å². The first-order chi connectivity index (χ1) is 14.4. The average molecular weight is 407 g/mol. The number of fused-ring (bicyclic) bond motifs is 1. The first-order valence-electron chi connectivity index (χ1n) is 9.16. The molecule has 0 bridgehead atoms. The smallest absolute Gasteiger partial charge is 0.340 e. The fourth-order valence-electron chi connectivity index (χ4n) is 2.95. The number of pyridine rings is 1. The van der Waals surface area contributed by atoms with E-state index in [2.05, 4.69) is 15.1 Å². The highest BCUT2D eigenvalue weighted by molar-refractivity contribution is 5.95. The first-order valence-corrected chi connectivity index (χ1v) is 9.16. The summed E-state index contributed by atoms with van der Waals surface area (Å²) in [7, 11) is 1.57. The summed E-state index contributed by atoms with van der Waals surface area (Å²) in [5.74, 6) is 0.0634. The Bertz CT molecular complexity index is 1250. The van der Waals surface area contributed by atoms with Gasteiger partial charge in [-0.1, -0.05) is 17.3 Å². The molecule has 2 heterocycles. The maximum Gasteiger partial charge on any atom is 0.340 e. The fourth-order valence-corrected chi connectivity index (χ4v) is 2.95. The monoisotopic (exact) mass is 407 g/mol. The first kappa shape index (κ1) is 19.5. The number of methoxy groups -OCH3 is 1. The lowest BCUT2D eigenvalue weighted by Crippen LogP contribution is -2.08. The highest BCUT2D eigenvalue weighted by Crippen LogP contribution is 2.23. The molecule has 30 heavy (non-hydrogen) atoms. The van der Waals surface area contributed by atoms with Crippen LogP contribution in [0.25, 0.3) is 22.3 Å². The molecule has 0 radical (unpaired) electrons. The van der Waals surface area contributed by atoms with Crippen LogP contribution in [-0.2, 0) is 11.3 Å². The van der Waals surface area contributed by atoms with Crippen molar-refractivity contribution in [3.63, 3.8) is 0 Å². The van der Waals surface area contributed by atoms with Gasteiger partial charge in [0.1, 0.15) is 11.6 Å². The van der Waals surface area contributed by atoms with Gasteiger partial charge in [-0.3, -0.25) is 4.98 Å². The minimum absolute atomic E-state index is 0.104. The molecular weight excluding hydrogens is 389 g/mol. The Morgan fingerprint density at radius 2 is 1.93 bits per heavy atom. The molecule has 0 N–H and O–H groups in total. The Morgan fingerprint density at radius 1 is 1.10 bits per heavy atom. The highest BCUT2D eigenvalue weighted by atomic mass is 19.1. The summed E-state index contributed by atoms with van der Waals surface area (Å²) >= 11 is 0. The standard InChI is InChI=1S/C22H18FN3O4/c1-12-4-5-14(10-18(12)23)21-25-20(30-26-21)11-29-22(27)17-9-15-8-16(28-3)6-7-19(15)24-13(17)2/h4-10H,11H2,1-3H3. The van der Waals surface area contributed by atoms with Gasteiger partial charge in [0.15, 0.2) is 6.61 Å². The van der Waals surface area contributed by atoms with E-state index in [9.17, 15) is 9.18 Å². The van der Waals surface area contributed by atoms with Gasteiger partial charge in [0, 0.05) is 10.9 Å². The summed E-state index contributed by atoms with van der Waals surface area (Å²) in [6, 6.07) is 11.8. The number of benzene rings is 2. The van der Waals surface area contributed by atoms with Crippen LogP contribution in [0.5, 0.6) is 5.75 Å². The van der Waals surface area contributed by atoms with Gasteiger partial charge in [-0.05, 0) is 49.7 Å². The third-order valence-electron chi connectivity index (χ3n) is 4.66. The van der Waals surface area contributed by atoms with E-state index >= 15 is 0 Å². The van der Waals surface area contributed by atoms with Gasteiger partial charge in [-0.25, -0.2) is 9.18 Å². The second-order valence-electron chi connectivity index (χ2n) is 6.73. The van der Waals surface area contributed by atoms with Crippen LogP contribution in [-0.4, -0.2) is 28.2 Å². The average Bonchev–Trinajstić information content (AvgIpc) is 3.22. The van der Waals surface area contributed by atoms with Crippen molar-refractivity contribution in [1.29, 1.82) is 0 Å². The molecule has 0 spiro atoms. The molecule has 0 atom stereocenters. The Labute approximate surface area is 171 Å². The van der Waals surface area contributed by atoms with E-state index < -0.39 is 5.97 Å². The van der Waals surface area contributed by atoms with Crippen molar-refractivity contribution >= 4 is 16.9 Å². The number of ether oxygens (including phenoxy) is 2. The summed E-state index contributed by atoms with van der Waals surface area (Å²) in [4.78, 5) is 21.2. The number of aromatic nitrogens is 3. The van der Waals surface area contributed by atoms with Crippen LogP contribution in [0.15, 0.2) is 47.0 Å². The quantitative estimate of drug-likeness (QED) is 0.453. The molecule has 0 amide bonds. The van der Waals surface area contributed by atoms with Gasteiger partial charge in [0.05, 0.1) is 23.9 Å². The van der Waals surface area contributed by atoms with Crippen LogP contribution >= 0.6 is 0 Å². The lowest BCUT2D eigenvalue weighted by Gasteiger charge is -2.08. The summed E-state index contributed by atoms with van der Waals surface area (Å²) in [6.07, 6.45) is 0. The van der Waals surface area contributed by atoms with Gasteiger partial charge in [0.2, 0.25) is 5.82 Å². The van der Waals surface area contributed by atoms with Crippen molar-refractivity contribution in [2.45, 2.75) is 20.5 Å². The lowest BCUT2D eigenvalue weighted by molar-refractivity contribution is 0.0428. The molecule has 0 unspecified atom stereocenters. The van der Waals surface area contributed by atoms with Crippen molar-refractivity contribution in [3.05, 3.63) is 71.0 Å². The molecule has 2 aromatic heterocycles. The van der Waals surface area contributed by atoms with Crippen LogP contribution < -0.4 is 4.74 Å². The second kappa shape index (κ2) is 7.90. The summed E-state index contributed by atoms with van der Waals surface area (Å²) in [5, 5.41) is 4.57. The molecule has 8 heteroatoms. The summed E-state index contributed by atoms with van der Waals surface area (Å²) < 4.78 is 29.4. The molecule has 0 aliphatic carbocycles. The molecule has 152 valence electrons. The number of esters is 1. The van der Waals surface area contributed by atoms with E-state index in [1.54, 1.807) is 51.3 Å². The molecule has 7 nitrogen and oxygen atoms in total. The Morgan fingerprint density at radius 3 is 2.70 bits per heavy atom. The number of hydrogen-bond acceptors (Lipinski definition) is 7. The normalized spacial score (nSPS) is 10.9. The zero-order chi connectivity index (χ0) is 21.3. The third kappa shape index (κ3) is 3.84. The zero-order valence-corrected chi connectivity index (χ0v) is 16.6. The maximum atomic E-state index is 13.7. The fraction of sp³-hybridized carbons (Fsp3) is 0.182. The summed E-state index contributed by atoms with van der Waals surface area (Å²) in [6.45, 7) is 3.19. The third-order valence-corrected chi connectivity index (χ3v) is 4.66. The highest BCUT2D eigenvalue weighted by Gasteiger charge is 2.16. The van der Waals surface area contributed by atoms with E-state index in [0.717, 1.165) is 10.9 Å². The maximum absolute atomic E-state index is 13.7. The van der Waals surface area contributed by atoms with Crippen molar-refractivity contribution in [2.75, 3.05) is 7.11 Å². The molecule has 0 aliphatic heterocycles. The molecule has 4 rings (SSSR count). The Kier molecular flexibility index (Phi) is 5.14. The van der Waals surface area contributed by atoms with E-state index in [1.807, 2.05) is 6.07 Å². The SMILES string of the molecule is COc1ccc2nc(C)c(C(=O)OCc3nc(-c4ccc(C)c(F)c4)no3)cc2c1. The molecule has 0 saturated heterocycles. The Balaban J connectivity index is 1.50. The largest absolute Gasteiger partial charge is 0.497 e. The van der Waals surface area contributed by atoms with Crippen LogP contribution in [0.3, 0.4) is 0 Å². The van der Waals surface area contributed by atoms with Gasteiger partial charge < -0.3 is 14.0 Å². The molecule has 0 aliphatic rings. The number of halogens is 1. The van der Waals surface area contributed by atoms with Crippen molar-refractivity contribution in [1.82, 2.24) is 15.1 Å². The minimum Gasteiger partial charge on any atom is -0.497 e.